The fourth-order valence-corrected chi connectivity index (χ4v) is 4.38. The molecule has 1 unspecified atom stereocenters. The van der Waals surface area contributed by atoms with E-state index in [2.05, 4.69) is 67.7 Å². The van der Waals surface area contributed by atoms with E-state index in [1.165, 1.54) is 22.3 Å². The predicted octanol–water partition coefficient (Wildman–Crippen LogP) is 4.51. The van der Waals surface area contributed by atoms with E-state index in [1.54, 1.807) is 4.90 Å². The number of fused-ring (bicyclic) bond motifs is 1. The summed E-state index contributed by atoms with van der Waals surface area (Å²) in [5.74, 6) is 0.317. The Morgan fingerprint density at radius 3 is 2.43 bits per heavy atom. The van der Waals surface area contributed by atoms with Gasteiger partial charge in [0, 0.05) is 28.8 Å². The van der Waals surface area contributed by atoms with Crippen molar-refractivity contribution in [3.63, 3.8) is 0 Å². The number of aryl methyl sites for hydroxylation is 1. The molecule has 30 heavy (non-hydrogen) atoms. The average Bonchev–Trinajstić information content (AvgIpc) is 2.75. The van der Waals surface area contributed by atoms with E-state index in [0.29, 0.717) is 11.5 Å². The Labute approximate surface area is 179 Å². The fourth-order valence-electron chi connectivity index (χ4n) is 4.38. The molecule has 0 saturated carbocycles. The number of hydrogen-bond acceptors (Lipinski definition) is 1. The van der Waals surface area contributed by atoms with Gasteiger partial charge in [-0.15, -0.1) is 0 Å². The number of anilines is 1. The molecule has 1 aliphatic rings. The lowest BCUT2D eigenvalue weighted by Gasteiger charge is -2.26. The molecule has 4 rings (SSSR count). The standard InChI is InChI=1S/C27H30N2O/c1-19(2)25-10-6-7-20(3)26(25)28-27(30)23-13-11-21(12-14-23)17-29-16-15-22-8-4-5-9-24(22)18-29/h4-14,19H,15-18H2,1-3H3,(H,28,30)/p+1. The summed E-state index contributed by atoms with van der Waals surface area (Å²) in [6.45, 7) is 9.57. The Bertz CT molecular complexity index is 1040. The normalized spacial score (nSPS) is 15.7. The molecule has 1 atom stereocenters. The third-order valence-corrected chi connectivity index (χ3v) is 6.14. The molecule has 0 radical (unpaired) electrons. The van der Waals surface area contributed by atoms with E-state index < -0.39 is 0 Å². The average molecular weight is 400 g/mol. The molecule has 0 aromatic heterocycles. The number of para-hydroxylation sites is 1. The van der Waals surface area contributed by atoms with Gasteiger partial charge in [-0.1, -0.05) is 68.4 Å². The van der Waals surface area contributed by atoms with Crippen LogP contribution in [0.4, 0.5) is 5.69 Å². The van der Waals surface area contributed by atoms with E-state index in [9.17, 15) is 4.79 Å². The molecule has 3 nitrogen and oxygen atoms in total. The molecule has 3 heteroatoms. The van der Waals surface area contributed by atoms with Crippen LogP contribution in [0.15, 0.2) is 66.7 Å². The number of benzene rings is 3. The lowest BCUT2D eigenvalue weighted by molar-refractivity contribution is -0.929. The van der Waals surface area contributed by atoms with Crippen LogP contribution >= 0.6 is 0 Å². The lowest BCUT2D eigenvalue weighted by atomic mass is 9.98. The molecule has 0 spiro atoms. The number of nitrogens with one attached hydrogen (secondary N) is 2. The number of rotatable bonds is 5. The maximum absolute atomic E-state index is 12.9. The van der Waals surface area contributed by atoms with Crippen molar-refractivity contribution < 1.29 is 9.69 Å². The largest absolute Gasteiger partial charge is 0.327 e. The molecule has 0 aliphatic carbocycles. The summed E-state index contributed by atoms with van der Waals surface area (Å²) in [6.07, 6.45) is 1.14. The summed E-state index contributed by atoms with van der Waals surface area (Å²) >= 11 is 0. The quantitative estimate of drug-likeness (QED) is 0.650. The van der Waals surface area contributed by atoms with Crippen LogP contribution in [0.5, 0.6) is 0 Å². The molecule has 3 aromatic carbocycles. The van der Waals surface area contributed by atoms with E-state index in [1.807, 2.05) is 25.1 Å². The smallest absolute Gasteiger partial charge is 0.255 e. The zero-order valence-electron chi connectivity index (χ0n) is 18.2. The molecule has 0 bridgehead atoms. The van der Waals surface area contributed by atoms with Crippen LogP contribution in [0.25, 0.3) is 0 Å². The van der Waals surface area contributed by atoms with Gasteiger partial charge in [-0.05, 0) is 41.7 Å². The molecule has 1 aliphatic heterocycles. The third-order valence-electron chi connectivity index (χ3n) is 6.14. The topological polar surface area (TPSA) is 33.5 Å². The highest BCUT2D eigenvalue weighted by Crippen LogP contribution is 2.27. The van der Waals surface area contributed by atoms with Crippen molar-refractivity contribution in [1.82, 2.24) is 0 Å². The Hall–Kier alpha value is -2.91. The number of carbonyl (C=O) groups excluding carboxylic acids is 1. The van der Waals surface area contributed by atoms with Gasteiger partial charge in [-0.2, -0.15) is 0 Å². The summed E-state index contributed by atoms with van der Waals surface area (Å²) in [4.78, 5) is 14.4. The minimum atomic E-state index is -0.0444. The Balaban J connectivity index is 1.42. The summed E-state index contributed by atoms with van der Waals surface area (Å²) in [7, 11) is 0. The first kappa shape index (κ1) is 20.4. The predicted molar refractivity (Wildman–Crippen MR) is 123 cm³/mol. The summed E-state index contributed by atoms with van der Waals surface area (Å²) < 4.78 is 0. The maximum atomic E-state index is 12.9. The van der Waals surface area contributed by atoms with Gasteiger partial charge in [-0.3, -0.25) is 4.79 Å². The van der Waals surface area contributed by atoms with E-state index >= 15 is 0 Å². The van der Waals surface area contributed by atoms with E-state index in [-0.39, 0.29) is 5.91 Å². The summed E-state index contributed by atoms with van der Waals surface area (Å²) in [5.41, 5.74) is 8.15. The second-order valence-corrected chi connectivity index (χ2v) is 8.72. The van der Waals surface area contributed by atoms with Gasteiger partial charge in [0.05, 0.1) is 6.54 Å². The number of amides is 1. The van der Waals surface area contributed by atoms with Crippen LogP contribution in [-0.4, -0.2) is 12.5 Å². The molecule has 0 saturated heterocycles. The van der Waals surface area contributed by atoms with Crippen molar-refractivity contribution in [3.8, 4) is 0 Å². The van der Waals surface area contributed by atoms with Crippen molar-refractivity contribution in [2.45, 2.75) is 46.2 Å². The second kappa shape index (κ2) is 8.85. The highest BCUT2D eigenvalue weighted by Gasteiger charge is 2.19. The third kappa shape index (κ3) is 4.47. The first-order valence-corrected chi connectivity index (χ1v) is 10.9. The molecule has 154 valence electrons. The highest BCUT2D eigenvalue weighted by atomic mass is 16.1. The van der Waals surface area contributed by atoms with Crippen LogP contribution in [0.1, 0.15) is 57.9 Å². The van der Waals surface area contributed by atoms with Crippen LogP contribution in [0, 0.1) is 6.92 Å². The Morgan fingerprint density at radius 1 is 0.967 bits per heavy atom. The highest BCUT2D eigenvalue weighted by molar-refractivity contribution is 6.05. The number of quaternary nitrogens is 1. The maximum Gasteiger partial charge on any atom is 0.255 e. The van der Waals surface area contributed by atoms with E-state index in [0.717, 1.165) is 37.3 Å². The van der Waals surface area contributed by atoms with Gasteiger partial charge in [0.25, 0.3) is 5.91 Å². The number of hydrogen-bond donors (Lipinski definition) is 2. The van der Waals surface area contributed by atoms with Gasteiger partial charge in [-0.25, -0.2) is 0 Å². The van der Waals surface area contributed by atoms with Crippen LogP contribution in [0.2, 0.25) is 0 Å². The minimum Gasteiger partial charge on any atom is -0.327 e. The van der Waals surface area contributed by atoms with Crippen molar-refractivity contribution in [2.24, 2.45) is 0 Å². The van der Waals surface area contributed by atoms with Crippen LogP contribution in [0.3, 0.4) is 0 Å². The summed E-state index contributed by atoms with van der Waals surface area (Å²) in [5, 5.41) is 3.14. The monoisotopic (exact) mass is 399 g/mol. The van der Waals surface area contributed by atoms with Gasteiger partial charge < -0.3 is 10.2 Å². The second-order valence-electron chi connectivity index (χ2n) is 8.72. The molecule has 3 aromatic rings. The Kier molecular flexibility index (Phi) is 6.01. The Morgan fingerprint density at radius 2 is 1.70 bits per heavy atom. The summed E-state index contributed by atoms with van der Waals surface area (Å²) in [6, 6.07) is 23.1. The van der Waals surface area contributed by atoms with Crippen LogP contribution in [-0.2, 0) is 19.5 Å². The first-order valence-electron chi connectivity index (χ1n) is 10.9. The fraction of sp³-hybridized carbons (Fsp3) is 0.296. The van der Waals surface area contributed by atoms with Gasteiger partial charge in [0.1, 0.15) is 13.1 Å². The minimum absolute atomic E-state index is 0.0444. The van der Waals surface area contributed by atoms with Gasteiger partial charge in [0.2, 0.25) is 0 Å². The molecule has 2 N–H and O–H groups in total. The molecular formula is C27H31N2O+. The van der Waals surface area contributed by atoms with Crippen molar-refractivity contribution in [3.05, 3.63) is 100 Å². The zero-order valence-corrected chi connectivity index (χ0v) is 18.2. The first-order chi connectivity index (χ1) is 14.5. The SMILES string of the molecule is Cc1cccc(C(C)C)c1NC(=O)c1ccc(C[NH+]2CCc3ccccc3C2)cc1. The lowest BCUT2D eigenvalue weighted by Crippen LogP contribution is -3.10. The number of carbonyl (C=O) groups is 1. The molecule has 1 amide bonds. The molecule has 1 heterocycles. The van der Waals surface area contributed by atoms with Gasteiger partial charge in [0.15, 0.2) is 0 Å². The van der Waals surface area contributed by atoms with Crippen molar-refractivity contribution in [1.29, 1.82) is 0 Å². The van der Waals surface area contributed by atoms with Crippen LogP contribution < -0.4 is 10.2 Å². The van der Waals surface area contributed by atoms with Crippen molar-refractivity contribution >= 4 is 11.6 Å². The molecule has 0 fully saturated rings. The molecular weight excluding hydrogens is 368 g/mol. The van der Waals surface area contributed by atoms with Gasteiger partial charge >= 0.3 is 0 Å². The van der Waals surface area contributed by atoms with E-state index in [4.69, 9.17) is 0 Å². The van der Waals surface area contributed by atoms with Crippen molar-refractivity contribution in [2.75, 3.05) is 11.9 Å². The zero-order chi connectivity index (χ0) is 21.1.